The summed E-state index contributed by atoms with van der Waals surface area (Å²) in [6.45, 7) is 0. The molecule has 9 heteroatoms. The van der Waals surface area contributed by atoms with Gasteiger partial charge in [-0.1, -0.05) is 0 Å². The molecular formula is C13H6F5N3O. The van der Waals surface area contributed by atoms with Crippen molar-refractivity contribution in [2.45, 2.75) is 0 Å². The number of rotatable bonds is 3. The Kier molecular flexibility index (Phi) is 4.44. The zero-order valence-corrected chi connectivity index (χ0v) is 10.6. The zero-order chi connectivity index (χ0) is 16.3. The van der Waals surface area contributed by atoms with Crippen LogP contribution in [0.1, 0.15) is 15.9 Å². The van der Waals surface area contributed by atoms with Crippen LogP contribution < -0.4 is 5.43 Å². The summed E-state index contributed by atoms with van der Waals surface area (Å²) in [5.41, 5.74) is 0.707. The van der Waals surface area contributed by atoms with Crippen LogP contribution >= 0.6 is 0 Å². The van der Waals surface area contributed by atoms with E-state index in [0.29, 0.717) is 6.21 Å². The molecule has 0 radical (unpaired) electrons. The minimum absolute atomic E-state index is 0.0945. The Morgan fingerprint density at radius 1 is 1.05 bits per heavy atom. The Bertz CT molecular complexity index is 720. The molecule has 0 atom stereocenters. The van der Waals surface area contributed by atoms with E-state index >= 15 is 0 Å². The van der Waals surface area contributed by atoms with Gasteiger partial charge >= 0.3 is 0 Å². The van der Waals surface area contributed by atoms with Gasteiger partial charge in [0.2, 0.25) is 5.82 Å². The van der Waals surface area contributed by atoms with Crippen molar-refractivity contribution in [3.05, 3.63) is 64.7 Å². The number of nitrogens with zero attached hydrogens (tertiary/aromatic N) is 2. The van der Waals surface area contributed by atoms with Gasteiger partial charge in [-0.05, 0) is 12.1 Å². The van der Waals surface area contributed by atoms with E-state index in [0.717, 1.165) is 0 Å². The standard InChI is InChI=1S/C13H6F5N3O/c14-8-7(9(15)11(17)12(18)10(8)16)5-20-21-13(22)6-2-1-3-19-4-6/h1-5H,(H,21,22). The van der Waals surface area contributed by atoms with Crippen LogP contribution in [0.2, 0.25) is 0 Å². The van der Waals surface area contributed by atoms with Gasteiger partial charge in [0.05, 0.1) is 17.3 Å². The van der Waals surface area contributed by atoms with E-state index < -0.39 is 40.6 Å². The second kappa shape index (κ2) is 6.29. The maximum atomic E-state index is 13.3. The molecule has 1 N–H and O–H groups in total. The first-order chi connectivity index (χ1) is 10.4. The SMILES string of the molecule is O=C(NN=Cc1c(F)c(F)c(F)c(F)c1F)c1cccnc1. The van der Waals surface area contributed by atoms with Gasteiger partial charge < -0.3 is 0 Å². The number of halogens is 5. The van der Waals surface area contributed by atoms with Crippen molar-refractivity contribution in [2.24, 2.45) is 5.10 Å². The number of benzene rings is 1. The van der Waals surface area contributed by atoms with Gasteiger partial charge in [0.25, 0.3) is 5.91 Å². The van der Waals surface area contributed by atoms with Crippen LogP contribution in [0.3, 0.4) is 0 Å². The summed E-state index contributed by atoms with van der Waals surface area (Å²) in [4.78, 5) is 15.2. The highest BCUT2D eigenvalue weighted by molar-refractivity contribution is 5.94. The number of pyridine rings is 1. The maximum absolute atomic E-state index is 13.3. The minimum Gasteiger partial charge on any atom is -0.267 e. The highest BCUT2D eigenvalue weighted by Crippen LogP contribution is 2.21. The van der Waals surface area contributed by atoms with E-state index in [2.05, 4.69) is 10.1 Å². The molecule has 0 aliphatic carbocycles. The van der Waals surface area contributed by atoms with E-state index in [9.17, 15) is 26.7 Å². The molecule has 1 aromatic carbocycles. The van der Waals surface area contributed by atoms with Crippen LogP contribution in [0.15, 0.2) is 29.6 Å². The number of hydrogen-bond acceptors (Lipinski definition) is 3. The predicted molar refractivity (Wildman–Crippen MR) is 65.5 cm³/mol. The summed E-state index contributed by atoms with van der Waals surface area (Å²) in [5, 5.41) is 3.16. The van der Waals surface area contributed by atoms with Crippen LogP contribution in [0.4, 0.5) is 22.0 Å². The first-order valence-electron chi connectivity index (χ1n) is 5.68. The fraction of sp³-hybridized carbons (Fsp3) is 0. The van der Waals surface area contributed by atoms with Gasteiger partial charge in [0.1, 0.15) is 0 Å². The van der Waals surface area contributed by atoms with Crippen molar-refractivity contribution in [2.75, 3.05) is 0 Å². The molecule has 4 nitrogen and oxygen atoms in total. The molecule has 114 valence electrons. The van der Waals surface area contributed by atoms with Crippen molar-refractivity contribution in [3.8, 4) is 0 Å². The lowest BCUT2D eigenvalue weighted by Crippen LogP contribution is -2.18. The molecule has 0 saturated heterocycles. The van der Waals surface area contributed by atoms with Crippen LogP contribution in [-0.2, 0) is 0 Å². The Labute approximate surface area is 120 Å². The number of nitrogens with one attached hydrogen (secondary N) is 1. The smallest absolute Gasteiger partial charge is 0.267 e. The first kappa shape index (κ1) is 15.5. The molecule has 0 aliphatic rings. The lowest BCUT2D eigenvalue weighted by Gasteiger charge is -2.04. The van der Waals surface area contributed by atoms with Crippen molar-refractivity contribution in [1.29, 1.82) is 0 Å². The average Bonchev–Trinajstić information content (AvgIpc) is 2.55. The highest BCUT2D eigenvalue weighted by atomic mass is 19.2. The number of carbonyl (C=O) groups is 1. The van der Waals surface area contributed by atoms with Crippen LogP contribution in [-0.4, -0.2) is 17.1 Å². The van der Waals surface area contributed by atoms with Crippen molar-refractivity contribution < 1.29 is 26.7 Å². The fourth-order valence-corrected chi connectivity index (χ4v) is 1.45. The monoisotopic (exact) mass is 315 g/mol. The van der Waals surface area contributed by atoms with Gasteiger partial charge in [-0.15, -0.1) is 0 Å². The molecule has 0 aliphatic heterocycles. The molecule has 2 aromatic rings. The number of hydrazone groups is 1. The Morgan fingerprint density at radius 2 is 1.64 bits per heavy atom. The molecule has 1 aromatic heterocycles. The maximum Gasteiger partial charge on any atom is 0.272 e. The molecule has 2 rings (SSSR count). The summed E-state index contributed by atoms with van der Waals surface area (Å²) in [6, 6.07) is 2.85. The van der Waals surface area contributed by atoms with E-state index in [1.165, 1.54) is 24.5 Å². The number of carbonyl (C=O) groups excluding carboxylic acids is 1. The number of hydrogen-bond donors (Lipinski definition) is 1. The molecule has 0 saturated carbocycles. The minimum atomic E-state index is -2.27. The quantitative estimate of drug-likeness (QED) is 0.311. The van der Waals surface area contributed by atoms with Crippen molar-refractivity contribution >= 4 is 12.1 Å². The Hall–Kier alpha value is -2.84. The van der Waals surface area contributed by atoms with E-state index in [1.807, 2.05) is 5.43 Å². The second-order valence-corrected chi connectivity index (χ2v) is 3.92. The van der Waals surface area contributed by atoms with Gasteiger partial charge in [0, 0.05) is 12.4 Å². The summed E-state index contributed by atoms with van der Waals surface area (Å²) in [6.07, 6.45) is 2.93. The third kappa shape index (κ3) is 2.92. The summed E-state index contributed by atoms with van der Waals surface area (Å²) < 4.78 is 65.3. The van der Waals surface area contributed by atoms with Crippen LogP contribution in [0, 0.1) is 29.1 Å². The molecule has 0 spiro atoms. The van der Waals surface area contributed by atoms with E-state index in [1.54, 1.807) is 0 Å². The summed E-state index contributed by atoms with van der Waals surface area (Å²) >= 11 is 0. The van der Waals surface area contributed by atoms with Gasteiger partial charge in [0.15, 0.2) is 23.3 Å². The predicted octanol–water partition coefficient (Wildman–Crippen LogP) is 2.54. The van der Waals surface area contributed by atoms with Gasteiger partial charge in [-0.3, -0.25) is 9.78 Å². The van der Waals surface area contributed by atoms with E-state index in [-0.39, 0.29) is 5.56 Å². The van der Waals surface area contributed by atoms with Crippen molar-refractivity contribution in [1.82, 2.24) is 10.4 Å². The average molecular weight is 315 g/mol. The molecular weight excluding hydrogens is 309 g/mol. The lowest BCUT2D eigenvalue weighted by molar-refractivity contribution is 0.0954. The molecule has 0 bridgehead atoms. The molecule has 0 unspecified atom stereocenters. The summed E-state index contributed by atoms with van der Waals surface area (Å²) in [7, 11) is 0. The third-order valence-electron chi connectivity index (χ3n) is 2.53. The lowest BCUT2D eigenvalue weighted by atomic mass is 10.2. The molecule has 0 fully saturated rings. The van der Waals surface area contributed by atoms with Crippen molar-refractivity contribution in [3.63, 3.8) is 0 Å². The first-order valence-corrected chi connectivity index (χ1v) is 5.68. The summed E-state index contributed by atoms with van der Waals surface area (Å²) in [5.74, 6) is -11.3. The Morgan fingerprint density at radius 3 is 2.18 bits per heavy atom. The second-order valence-electron chi connectivity index (χ2n) is 3.92. The largest absolute Gasteiger partial charge is 0.272 e. The number of aromatic nitrogens is 1. The zero-order valence-electron chi connectivity index (χ0n) is 10.6. The number of amides is 1. The van der Waals surface area contributed by atoms with E-state index in [4.69, 9.17) is 0 Å². The Balaban J connectivity index is 2.23. The normalized spacial score (nSPS) is 11.0. The van der Waals surface area contributed by atoms with Gasteiger partial charge in [-0.25, -0.2) is 27.4 Å². The topological polar surface area (TPSA) is 54.4 Å². The van der Waals surface area contributed by atoms with Gasteiger partial charge in [-0.2, -0.15) is 5.10 Å². The highest BCUT2D eigenvalue weighted by Gasteiger charge is 2.24. The van der Waals surface area contributed by atoms with Crippen LogP contribution in [0.25, 0.3) is 0 Å². The molecule has 1 heterocycles. The third-order valence-corrected chi connectivity index (χ3v) is 2.53. The molecule has 1 amide bonds. The molecule has 22 heavy (non-hydrogen) atoms. The fourth-order valence-electron chi connectivity index (χ4n) is 1.45. The van der Waals surface area contributed by atoms with Crippen LogP contribution in [0.5, 0.6) is 0 Å².